The molecule has 0 aromatic heterocycles. The van der Waals surface area contributed by atoms with Crippen molar-refractivity contribution in [2.45, 2.75) is 18.9 Å². The maximum Gasteiger partial charge on any atom is 0.226 e. The summed E-state index contributed by atoms with van der Waals surface area (Å²) in [6.45, 7) is -0.156. The van der Waals surface area contributed by atoms with Crippen LogP contribution >= 0.6 is 0 Å². The summed E-state index contributed by atoms with van der Waals surface area (Å²) in [4.78, 5) is 12.5. The van der Waals surface area contributed by atoms with E-state index in [9.17, 15) is 4.79 Å². The number of likely N-dealkylation sites (tertiary alicyclic amines) is 1. The van der Waals surface area contributed by atoms with Crippen LogP contribution < -0.4 is 0 Å². The molecule has 1 aliphatic rings. The van der Waals surface area contributed by atoms with Gasteiger partial charge in [-0.3, -0.25) is 4.79 Å². The van der Waals surface area contributed by atoms with Gasteiger partial charge in [-0.15, -0.1) is 0 Å². The standard InChI is InChI=1S/C11H13NO2/c13-8-12-10(7-11(12)14)6-9-4-2-1-3-5-9/h1-5,10,13H,6-8H2/t10-/m0/s1. The molecule has 1 atom stereocenters. The highest BCUT2D eigenvalue weighted by molar-refractivity contribution is 5.83. The van der Waals surface area contributed by atoms with Crippen LogP contribution in [-0.4, -0.2) is 28.7 Å². The molecule has 3 heteroatoms. The third-order valence-corrected chi connectivity index (χ3v) is 2.64. The maximum absolute atomic E-state index is 11.0. The van der Waals surface area contributed by atoms with Crippen molar-refractivity contribution in [3.63, 3.8) is 0 Å². The van der Waals surface area contributed by atoms with Gasteiger partial charge in [0.05, 0.1) is 0 Å². The summed E-state index contributed by atoms with van der Waals surface area (Å²) in [6.07, 6.45) is 1.41. The van der Waals surface area contributed by atoms with Gasteiger partial charge in [0.2, 0.25) is 5.91 Å². The van der Waals surface area contributed by atoms with Crippen LogP contribution in [0.5, 0.6) is 0 Å². The highest BCUT2D eigenvalue weighted by Gasteiger charge is 2.34. The average molecular weight is 191 g/mol. The number of hydrogen-bond donors (Lipinski definition) is 1. The molecule has 1 heterocycles. The lowest BCUT2D eigenvalue weighted by atomic mass is 9.95. The second-order valence-electron chi connectivity index (χ2n) is 3.55. The van der Waals surface area contributed by atoms with Gasteiger partial charge in [0, 0.05) is 12.5 Å². The summed E-state index contributed by atoms with van der Waals surface area (Å²) < 4.78 is 0. The van der Waals surface area contributed by atoms with Crippen LogP contribution in [0.4, 0.5) is 0 Å². The Hall–Kier alpha value is -1.35. The lowest BCUT2D eigenvalue weighted by Gasteiger charge is -2.39. The van der Waals surface area contributed by atoms with Crippen LogP contribution in [0, 0.1) is 0 Å². The van der Waals surface area contributed by atoms with E-state index >= 15 is 0 Å². The van der Waals surface area contributed by atoms with Crippen molar-refractivity contribution >= 4 is 5.91 Å². The fourth-order valence-corrected chi connectivity index (χ4v) is 1.78. The number of benzene rings is 1. The topological polar surface area (TPSA) is 40.5 Å². The molecule has 2 rings (SSSR count). The fraction of sp³-hybridized carbons (Fsp3) is 0.364. The van der Waals surface area contributed by atoms with Crippen molar-refractivity contribution in [2.75, 3.05) is 6.73 Å². The van der Waals surface area contributed by atoms with Gasteiger partial charge in [0.1, 0.15) is 6.73 Å². The van der Waals surface area contributed by atoms with Crippen molar-refractivity contribution in [1.29, 1.82) is 0 Å². The number of aliphatic hydroxyl groups is 1. The van der Waals surface area contributed by atoms with E-state index in [4.69, 9.17) is 5.11 Å². The molecule has 0 saturated carbocycles. The molecule has 3 nitrogen and oxygen atoms in total. The van der Waals surface area contributed by atoms with Gasteiger partial charge in [-0.1, -0.05) is 30.3 Å². The Morgan fingerprint density at radius 2 is 2.07 bits per heavy atom. The number of nitrogens with zero attached hydrogens (tertiary/aromatic N) is 1. The largest absolute Gasteiger partial charge is 0.376 e. The van der Waals surface area contributed by atoms with Gasteiger partial charge < -0.3 is 10.0 Å². The zero-order valence-corrected chi connectivity index (χ0v) is 7.89. The van der Waals surface area contributed by atoms with E-state index in [2.05, 4.69) is 0 Å². The van der Waals surface area contributed by atoms with Crippen LogP contribution in [0.1, 0.15) is 12.0 Å². The zero-order valence-electron chi connectivity index (χ0n) is 7.89. The fourth-order valence-electron chi connectivity index (χ4n) is 1.78. The van der Waals surface area contributed by atoms with Crippen molar-refractivity contribution < 1.29 is 9.90 Å². The van der Waals surface area contributed by atoms with Gasteiger partial charge in [-0.25, -0.2) is 0 Å². The molecule has 0 unspecified atom stereocenters. The third-order valence-electron chi connectivity index (χ3n) is 2.64. The monoisotopic (exact) mass is 191 g/mol. The zero-order chi connectivity index (χ0) is 9.97. The van der Waals surface area contributed by atoms with Crippen LogP contribution in [-0.2, 0) is 11.2 Å². The summed E-state index contributed by atoms with van der Waals surface area (Å²) in [6, 6.07) is 10.2. The van der Waals surface area contributed by atoms with E-state index in [0.717, 1.165) is 6.42 Å². The molecule has 1 aromatic carbocycles. The minimum Gasteiger partial charge on any atom is -0.376 e. The van der Waals surface area contributed by atoms with Gasteiger partial charge in [0.25, 0.3) is 0 Å². The first-order chi connectivity index (χ1) is 6.81. The van der Waals surface area contributed by atoms with Crippen molar-refractivity contribution in [3.05, 3.63) is 35.9 Å². The van der Waals surface area contributed by atoms with Crippen LogP contribution in [0.15, 0.2) is 30.3 Å². The average Bonchev–Trinajstić information content (AvgIpc) is 2.19. The van der Waals surface area contributed by atoms with Gasteiger partial charge in [-0.05, 0) is 12.0 Å². The molecular weight excluding hydrogens is 178 g/mol. The van der Waals surface area contributed by atoms with E-state index in [1.54, 1.807) is 0 Å². The molecule has 0 radical (unpaired) electrons. The quantitative estimate of drug-likeness (QED) is 0.717. The van der Waals surface area contributed by atoms with E-state index in [0.29, 0.717) is 6.42 Å². The molecule has 1 N–H and O–H groups in total. The third kappa shape index (κ3) is 1.63. The van der Waals surface area contributed by atoms with Crippen LogP contribution in [0.3, 0.4) is 0 Å². The molecule has 14 heavy (non-hydrogen) atoms. The normalized spacial score (nSPS) is 20.8. The second kappa shape index (κ2) is 3.80. The predicted molar refractivity (Wildman–Crippen MR) is 52.5 cm³/mol. The van der Waals surface area contributed by atoms with Gasteiger partial charge in [0.15, 0.2) is 0 Å². The summed E-state index contributed by atoms with van der Waals surface area (Å²) in [5, 5.41) is 8.91. The Morgan fingerprint density at radius 3 is 2.64 bits per heavy atom. The Kier molecular flexibility index (Phi) is 2.50. The number of carbonyl (C=O) groups is 1. The first kappa shape index (κ1) is 9.21. The highest BCUT2D eigenvalue weighted by atomic mass is 16.3. The Bertz CT molecular complexity index is 323. The van der Waals surface area contributed by atoms with E-state index < -0.39 is 0 Å². The molecule has 1 aliphatic heterocycles. The lowest BCUT2D eigenvalue weighted by Crippen LogP contribution is -2.53. The van der Waals surface area contributed by atoms with Crippen LogP contribution in [0.25, 0.3) is 0 Å². The van der Waals surface area contributed by atoms with Crippen molar-refractivity contribution in [2.24, 2.45) is 0 Å². The number of aliphatic hydroxyl groups excluding tert-OH is 1. The summed E-state index contributed by atoms with van der Waals surface area (Å²) in [5.74, 6) is 0.0495. The Balaban J connectivity index is 1.97. The second-order valence-corrected chi connectivity index (χ2v) is 3.55. The number of amides is 1. The Labute approximate surface area is 83.0 Å². The van der Waals surface area contributed by atoms with E-state index in [1.165, 1.54) is 10.5 Å². The molecule has 1 amide bonds. The van der Waals surface area contributed by atoms with E-state index in [-0.39, 0.29) is 18.7 Å². The van der Waals surface area contributed by atoms with E-state index in [1.807, 2.05) is 30.3 Å². The minimum absolute atomic E-state index is 0.0495. The van der Waals surface area contributed by atoms with Crippen molar-refractivity contribution in [1.82, 2.24) is 4.90 Å². The molecule has 1 saturated heterocycles. The highest BCUT2D eigenvalue weighted by Crippen LogP contribution is 2.21. The minimum atomic E-state index is -0.156. The van der Waals surface area contributed by atoms with Crippen molar-refractivity contribution in [3.8, 4) is 0 Å². The molecule has 0 bridgehead atoms. The lowest BCUT2D eigenvalue weighted by molar-refractivity contribution is -0.151. The van der Waals surface area contributed by atoms with Crippen LogP contribution in [0.2, 0.25) is 0 Å². The number of carbonyl (C=O) groups excluding carboxylic acids is 1. The first-order valence-electron chi connectivity index (χ1n) is 4.75. The van der Waals surface area contributed by atoms with Gasteiger partial charge >= 0.3 is 0 Å². The number of rotatable bonds is 3. The smallest absolute Gasteiger partial charge is 0.226 e. The summed E-state index contributed by atoms with van der Waals surface area (Å²) >= 11 is 0. The number of hydrogen-bond acceptors (Lipinski definition) is 2. The number of β-lactam (4-membered cyclic amide) rings is 1. The first-order valence-corrected chi connectivity index (χ1v) is 4.75. The molecule has 1 aromatic rings. The molecule has 0 spiro atoms. The summed E-state index contributed by atoms with van der Waals surface area (Å²) in [7, 11) is 0. The summed E-state index contributed by atoms with van der Waals surface area (Å²) in [5.41, 5.74) is 1.21. The Morgan fingerprint density at radius 1 is 1.36 bits per heavy atom. The SMILES string of the molecule is O=C1C[C@H](Cc2ccccc2)N1CO. The maximum atomic E-state index is 11.0. The predicted octanol–water partition coefficient (Wildman–Crippen LogP) is 0.780. The molecular formula is C11H13NO2. The molecule has 0 aliphatic carbocycles. The molecule has 74 valence electrons. The molecule has 1 fully saturated rings. The van der Waals surface area contributed by atoms with Gasteiger partial charge in [-0.2, -0.15) is 0 Å².